The number of hydrogen-bond acceptors (Lipinski definition) is 3. The molecule has 1 atom stereocenters. The van der Waals surface area contributed by atoms with Crippen LogP contribution in [0.25, 0.3) is 0 Å². The van der Waals surface area contributed by atoms with Gasteiger partial charge in [0.25, 0.3) is 0 Å². The summed E-state index contributed by atoms with van der Waals surface area (Å²) in [4.78, 5) is 0. The molecule has 0 heterocycles. The predicted molar refractivity (Wildman–Crippen MR) is 77.3 cm³/mol. The van der Waals surface area contributed by atoms with E-state index >= 15 is 0 Å². The van der Waals surface area contributed by atoms with Gasteiger partial charge in [-0.1, -0.05) is 12.1 Å². The summed E-state index contributed by atoms with van der Waals surface area (Å²) in [6, 6.07) is 4.73. The third-order valence-electron chi connectivity index (χ3n) is 3.25. The Hall–Kier alpha value is -0.670. The van der Waals surface area contributed by atoms with Crippen molar-refractivity contribution < 1.29 is 4.74 Å². The lowest BCUT2D eigenvalue weighted by Crippen LogP contribution is -2.18. The van der Waals surface area contributed by atoms with Crippen LogP contribution < -0.4 is 10.1 Å². The smallest absolute Gasteiger partial charge is 0.126 e. The van der Waals surface area contributed by atoms with Crippen LogP contribution in [0.4, 0.5) is 0 Å². The first-order valence-electron chi connectivity index (χ1n) is 5.96. The molecule has 0 aliphatic carbocycles. The van der Waals surface area contributed by atoms with Crippen LogP contribution >= 0.6 is 11.8 Å². The molecule has 1 unspecified atom stereocenters. The molecule has 3 heteroatoms. The van der Waals surface area contributed by atoms with Crippen LogP contribution in [0.1, 0.15) is 29.2 Å². The number of rotatable bonds is 6. The number of hydrogen-bond donors (Lipinski definition) is 1. The molecule has 1 aromatic carbocycles. The molecule has 0 aromatic heterocycles. The second-order valence-corrected chi connectivity index (χ2v) is 5.24. The van der Waals surface area contributed by atoms with E-state index in [1.807, 2.05) is 18.8 Å². The summed E-state index contributed by atoms with van der Waals surface area (Å²) in [5.74, 6) is 2.19. The van der Waals surface area contributed by atoms with Crippen molar-refractivity contribution in [2.75, 3.05) is 26.2 Å². The quantitative estimate of drug-likeness (QED) is 0.840. The number of aryl methyl sites for hydroxylation is 1. The van der Waals surface area contributed by atoms with E-state index in [-0.39, 0.29) is 0 Å². The van der Waals surface area contributed by atoms with Gasteiger partial charge in [-0.2, -0.15) is 11.8 Å². The highest BCUT2D eigenvalue weighted by molar-refractivity contribution is 7.98. The van der Waals surface area contributed by atoms with E-state index in [0.717, 1.165) is 17.9 Å². The van der Waals surface area contributed by atoms with Crippen LogP contribution in [0.15, 0.2) is 12.1 Å². The first kappa shape index (κ1) is 14.4. The molecule has 2 nitrogen and oxygen atoms in total. The zero-order valence-electron chi connectivity index (χ0n) is 11.5. The Balaban J connectivity index is 3.06. The van der Waals surface area contributed by atoms with Gasteiger partial charge >= 0.3 is 0 Å². The van der Waals surface area contributed by atoms with Crippen molar-refractivity contribution in [3.8, 4) is 5.75 Å². The molecule has 0 bridgehead atoms. The number of benzene rings is 1. The largest absolute Gasteiger partial charge is 0.496 e. The molecule has 0 aliphatic heterocycles. The van der Waals surface area contributed by atoms with Crippen LogP contribution in [-0.2, 0) is 0 Å². The van der Waals surface area contributed by atoms with Crippen molar-refractivity contribution in [2.24, 2.45) is 0 Å². The molecule has 0 radical (unpaired) electrons. The highest BCUT2D eigenvalue weighted by Crippen LogP contribution is 2.32. The van der Waals surface area contributed by atoms with Gasteiger partial charge in [-0.05, 0) is 50.5 Å². The maximum absolute atomic E-state index is 5.57. The zero-order valence-corrected chi connectivity index (χ0v) is 12.3. The van der Waals surface area contributed by atoms with Crippen molar-refractivity contribution in [1.82, 2.24) is 5.32 Å². The molecular weight excluding hydrogens is 230 g/mol. The van der Waals surface area contributed by atoms with E-state index < -0.39 is 0 Å². The minimum absolute atomic E-state index is 0.372. The second kappa shape index (κ2) is 6.92. The van der Waals surface area contributed by atoms with E-state index in [9.17, 15) is 0 Å². The van der Waals surface area contributed by atoms with Crippen LogP contribution in [-0.4, -0.2) is 26.2 Å². The Labute approximate surface area is 109 Å². The molecule has 0 amide bonds. The topological polar surface area (TPSA) is 21.3 Å². The Morgan fingerprint density at radius 1 is 1.35 bits per heavy atom. The van der Waals surface area contributed by atoms with Gasteiger partial charge in [0.2, 0.25) is 0 Å². The molecule has 1 aromatic rings. The zero-order chi connectivity index (χ0) is 12.8. The van der Waals surface area contributed by atoms with Gasteiger partial charge in [0, 0.05) is 11.6 Å². The number of nitrogens with one attached hydrogen (secondary N) is 1. The maximum Gasteiger partial charge on any atom is 0.126 e. The van der Waals surface area contributed by atoms with Gasteiger partial charge < -0.3 is 10.1 Å². The van der Waals surface area contributed by atoms with Crippen molar-refractivity contribution in [2.45, 2.75) is 26.3 Å². The first-order valence-corrected chi connectivity index (χ1v) is 7.35. The SMILES string of the molecule is CNC(CCSC)c1ccc(C)c(C)c1OC. The van der Waals surface area contributed by atoms with Gasteiger partial charge in [-0.3, -0.25) is 0 Å². The molecule has 0 spiro atoms. The van der Waals surface area contributed by atoms with Crippen LogP contribution in [0.5, 0.6) is 5.75 Å². The van der Waals surface area contributed by atoms with Gasteiger partial charge in [-0.25, -0.2) is 0 Å². The predicted octanol–water partition coefficient (Wildman–Crippen LogP) is 3.33. The molecule has 0 saturated heterocycles. The monoisotopic (exact) mass is 253 g/mol. The van der Waals surface area contributed by atoms with E-state index in [0.29, 0.717) is 6.04 Å². The normalized spacial score (nSPS) is 12.5. The summed E-state index contributed by atoms with van der Waals surface area (Å²) >= 11 is 1.88. The second-order valence-electron chi connectivity index (χ2n) is 4.25. The first-order chi connectivity index (χ1) is 8.15. The number of thioether (sulfide) groups is 1. The highest BCUT2D eigenvalue weighted by Gasteiger charge is 2.16. The third kappa shape index (κ3) is 3.39. The van der Waals surface area contributed by atoms with Gasteiger partial charge in [-0.15, -0.1) is 0 Å². The Bertz CT molecular complexity index is 365. The molecule has 1 N–H and O–H groups in total. The van der Waals surface area contributed by atoms with Gasteiger partial charge in [0.15, 0.2) is 0 Å². The van der Waals surface area contributed by atoms with Crippen LogP contribution in [0.2, 0.25) is 0 Å². The molecule has 0 fully saturated rings. The molecule has 96 valence electrons. The fourth-order valence-electron chi connectivity index (χ4n) is 2.05. The maximum atomic E-state index is 5.57. The summed E-state index contributed by atoms with van der Waals surface area (Å²) in [6.07, 6.45) is 3.26. The summed E-state index contributed by atoms with van der Waals surface area (Å²) in [5.41, 5.74) is 3.80. The highest BCUT2D eigenvalue weighted by atomic mass is 32.2. The molecule has 0 aliphatic rings. The van der Waals surface area contributed by atoms with Crippen LogP contribution in [0.3, 0.4) is 0 Å². The van der Waals surface area contributed by atoms with Gasteiger partial charge in [0.05, 0.1) is 7.11 Å². The summed E-state index contributed by atoms with van der Waals surface area (Å²) in [7, 11) is 3.77. The van der Waals surface area contributed by atoms with E-state index in [2.05, 4.69) is 37.6 Å². The van der Waals surface area contributed by atoms with E-state index in [1.165, 1.54) is 16.7 Å². The Morgan fingerprint density at radius 2 is 2.06 bits per heavy atom. The minimum Gasteiger partial charge on any atom is -0.496 e. The molecule has 0 saturated carbocycles. The lowest BCUT2D eigenvalue weighted by molar-refractivity contribution is 0.397. The number of methoxy groups -OCH3 is 1. The fraction of sp³-hybridized carbons (Fsp3) is 0.571. The summed E-state index contributed by atoms with van der Waals surface area (Å²) < 4.78 is 5.57. The molecular formula is C14H23NOS. The minimum atomic E-state index is 0.372. The van der Waals surface area contributed by atoms with Crippen molar-refractivity contribution in [1.29, 1.82) is 0 Å². The number of ether oxygens (including phenoxy) is 1. The standard InChI is InChI=1S/C14H23NOS/c1-10-6-7-12(14(16-4)11(10)2)13(15-3)8-9-17-5/h6-7,13,15H,8-9H2,1-5H3. The third-order valence-corrected chi connectivity index (χ3v) is 3.89. The molecule has 1 rings (SSSR count). The average Bonchev–Trinajstić information content (AvgIpc) is 2.34. The van der Waals surface area contributed by atoms with Crippen LogP contribution in [0, 0.1) is 13.8 Å². The van der Waals surface area contributed by atoms with Crippen molar-refractivity contribution >= 4 is 11.8 Å². The lowest BCUT2D eigenvalue weighted by Gasteiger charge is -2.21. The molecule has 17 heavy (non-hydrogen) atoms. The Kier molecular flexibility index (Phi) is 5.86. The van der Waals surface area contributed by atoms with Gasteiger partial charge in [0.1, 0.15) is 5.75 Å². The lowest BCUT2D eigenvalue weighted by atomic mass is 9.98. The average molecular weight is 253 g/mol. The van der Waals surface area contributed by atoms with Crippen molar-refractivity contribution in [3.63, 3.8) is 0 Å². The van der Waals surface area contributed by atoms with Crippen molar-refractivity contribution in [3.05, 3.63) is 28.8 Å². The summed E-state index contributed by atoms with van der Waals surface area (Å²) in [6.45, 7) is 4.25. The fourth-order valence-corrected chi connectivity index (χ4v) is 2.52. The summed E-state index contributed by atoms with van der Waals surface area (Å²) in [5, 5.41) is 3.38. The van der Waals surface area contributed by atoms with E-state index in [4.69, 9.17) is 4.74 Å². The Morgan fingerprint density at radius 3 is 2.59 bits per heavy atom. The van der Waals surface area contributed by atoms with E-state index in [1.54, 1.807) is 7.11 Å².